The van der Waals surface area contributed by atoms with E-state index in [0.29, 0.717) is 19.3 Å². The molecule has 0 aliphatic carbocycles. The second kappa shape index (κ2) is 19.1. The number of benzene rings is 2. The van der Waals surface area contributed by atoms with E-state index in [1.165, 1.54) is 21.5 Å². The molecule has 0 saturated heterocycles. The summed E-state index contributed by atoms with van der Waals surface area (Å²) in [6, 6.07) is 19.3. The van der Waals surface area contributed by atoms with Gasteiger partial charge in [0.1, 0.15) is 0 Å². The summed E-state index contributed by atoms with van der Waals surface area (Å²) in [6.07, 6.45) is 3.07. The van der Waals surface area contributed by atoms with Crippen LogP contribution < -0.4 is 0 Å². The number of carboxylic acid groups (broad SMARTS) is 3. The van der Waals surface area contributed by atoms with Crippen molar-refractivity contribution in [3.8, 4) is 0 Å². The molecule has 0 atom stereocenters. The van der Waals surface area contributed by atoms with Gasteiger partial charge in [0.25, 0.3) is 0 Å². The van der Waals surface area contributed by atoms with E-state index in [2.05, 4.69) is 54.6 Å². The van der Waals surface area contributed by atoms with Gasteiger partial charge in [-0.15, -0.1) is 39.7 Å². The molecule has 0 aromatic heterocycles. The molecule has 0 aliphatic heterocycles. The molecule has 7 heteroatoms. The van der Waals surface area contributed by atoms with Gasteiger partial charge < -0.3 is 15.3 Å². The Morgan fingerprint density at radius 3 is 1.12 bits per heavy atom. The first kappa shape index (κ1) is 31.6. The molecule has 174 valence electrons. The third-order valence-corrected chi connectivity index (χ3v) is 3.91. The largest absolute Gasteiger partial charge is 0.481 e. The first-order valence-electron chi connectivity index (χ1n) is 10.4. The Balaban J connectivity index is 0. The molecule has 0 bridgehead atoms. The van der Waals surface area contributed by atoms with Crippen molar-refractivity contribution in [3.05, 3.63) is 54.6 Å². The van der Waals surface area contributed by atoms with Gasteiger partial charge in [0, 0.05) is 41.0 Å². The minimum atomic E-state index is -0.711. The van der Waals surface area contributed by atoms with E-state index < -0.39 is 17.9 Å². The van der Waals surface area contributed by atoms with Crippen molar-refractivity contribution in [1.29, 1.82) is 0 Å². The maximum atomic E-state index is 9.60. The molecular weight excluding hydrogens is 444 g/mol. The molecule has 32 heavy (non-hydrogen) atoms. The van der Waals surface area contributed by atoms with Crippen molar-refractivity contribution in [2.75, 3.05) is 0 Å². The Bertz CT molecular complexity index is 844. The molecule has 6 nitrogen and oxygen atoms in total. The number of carboxylic acids is 3. The van der Waals surface area contributed by atoms with E-state index in [1.807, 2.05) is 20.8 Å². The molecule has 0 unspecified atom stereocenters. The summed E-state index contributed by atoms with van der Waals surface area (Å²) < 4.78 is 0. The van der Waals surface area contributed by atoms with Crippen LogP contribution in [0.1, 0.15) is 59.3 Å². The fraction of sp³-hybridized carbons (Fsp3) is 0.360. The zero-order valence-electron chi connectivity index (χ0n) is 19.0. The predicted molar refractivity (Wildman–Crippen MR) is 125 cm³/mol. The average Bonchev–Trinajstić information content (AvgIpc) is 3.08. The van der Waals surface area contributed by atoms with Crippen molar-refractivity contribution in [2.45, 2.75) is 59.3 Å². The second-order valence-corrected chi connectivity index (χ2v) is 6.75. The standard InChI is InChI=1S/C13H9.3C4H8O2.Ti/c1-3-7-12-10(5-1)9-11-6-2-4-8-13(11)12;3*1-2-3-4(5)6;/h1-9H;3*2-3H2,1H3,(H,5,6);/q-1;;;;. The minimum Gasteiger partial charge on any atom is -0.481 e. The van der Waals surface area contributed by atoms with Crippen LogP contribution >= 0.6 is 0 Å². The van der Waals surface area contributed by atoms with Crippen molar-refractivity contribution in [2.24, 2.45) is 0 Å². The smallest absolute Gasteiger partial charge is 0.303 e. The molecule has 0 fully saturated rings. The topological polar surface area (TPSA) is 112 Å². The van der Waals surface area contributed by atoms with Gasteiger partial charge in [-0.1, -0.05) is 57.2 Å². The Hall–Kier alpha value is -2.57. The monoisotopic (exact) mass is 477 g/mol. The van der Waals surface area contributed by atoms with E-state index in [4.69, 9.17) is 15.3 Å². The summed E-state index contributed by atoms with van der Waals surface area (Å²) in [5.74, 6) is -2.13. The van der Waals surface area contributed by atoms with Gasteiger partial charge in [-0.05, 0) is 19.3 Å². The summed E-state index contributed by atoms with van der Waals surface area (Å²) in [5, 5.41) is 29.1. The number of fused-ring (bicyclic) bond motifs is 3. The Morgan fingerprint density at radius 2 is 0.906 bits per heavy atom. The molecule has 0 saturated carbocycles. The number of aliphatic carboxylic acids is 3. The normalized spacial score (nSPS) is 9.09. The van der Waals surface area contributed by atoms with Crippen LogP contribution in [-0.2, 0) is 36.1 Å². The van der Waals surface area contributed by atoms with Crippen molar-refractivity contribution >= 4 is 39.5 Å². The fourth-order valence-corrected chi connectivity index (χ4v) is 2.55. The zero-order valence-corrected chi connectivity index (χ0v) is 20.6. The van der Waals surface area contributed by atoms with Gasteiger partial charge in [-0.25, -0.2) is 0 Å². The van der Waals surface area contributed by atoms with Gasteiger partial charge in [0.2, 0.25) is 0 Å². The van der Waals surface area contributed by atoms with Gasteiger partial charge in [-0.3, -0.25) is 14.4 Å². The molecule has 3 aromatic carbocycles. The van der Waals surface area contributed by atoms with E-state index in [0.717, 1.165) is 19.3 Å². The molecule has 3 aromatic rings. The molecule has 3 rings (SSSR count). The van der Waals surface area contributed by atoms with E-state index in [1.54, 1.807) is 0 Å². The Labute approximate surface area is 204 Å². The van der Waals surface area contributed by atoms with Gasteiger partial charge in [0.05, 0.1) is 0 Å². The first-order chi connectivity index (χ1) is 14.8. The minimum absolute atomic E-state index is 0. The zero-order chi connectivity index (χ0) is 23.6. The number of hydrogen-bond donors (Lipinski definition) is 3. The SMILES string of the molecule is CCCC(=O)O.CCCC(=O)O.CCCC(=O)O.[Ti].c1ccc2c(c1)[cH-]c1ccccc12. The third kappa shape index (κ3) is 14.4. The van der Waals surface area contributed by atoms with Gasteiger partial charge >= 0.3 is 17.9 Å². The number of carbonyl (C=O) groups is 3. The molecule has 0 aliphatic rings. The third-order valence-electron chi connectivity index (χ3n) is 3.91. The van der Waals surface area contributed by atoms with Crippen LogP contribution in [0.25, 0.3) is 21.5 Å². The number of rotatable bonds is 6. The second-order valence-electron chi connectivity index (χ2n) is 6.75. The van der Waals surface area contributed by atoms with Crippen molar-refractivity contribution in [1.82, 2.24) is 0 Å². The molecule has 0 amide bonds. The maximum absolute atomic E-state index is 9.60. The summed E-state index contributed by atoms with van der Waals surface area (Å²) in [7, 11) is 0. The summed E-state index contributed by atoms with van der Waals surface area (Å²) in [6.45, 7) is 5.52. The van der Waals surface area contributed by atoms with Crippen LogP contribution in [0.5, 0.6) is 0 Å². The van der Waals surface area contributed by atoms with Crippen LogP contribution in [0.3, 0.4) is 0 Å². The van der Waals surface area contributed by atoms with Gasteiger partial charge in [0.15, 0.2) is 0 Å². The average molecular weight is 477 g/mol. The van der Waals surface area contributed by atoms with Crippen LogP contribution in [0.15, 0.2) is 54.6 Å². The Kier molecular flexibility index (Phi) is 18.9. The van der Waals surface area contributed by atoms with E-state index >= 15 is 0 Å². The fourth-order valence-electron chi connectivity index (χ4n) is 2.55. The molecule has 0 radical (unpaired) electrons. The van der Waals surface area contributed by atoms with Crippen LogP contribution in [0.4, 0.5) is 0 Å². The van der Waals surface area contributed by atoms with Crippen molar-refractivity contribution in [3.63, 3.8) is 0 Å². The Morgan fingerprint density at radius 1 is 0.625 bits per heavy atom. The molecule has 3 N–H and O–H groups in total. The molecule has 0 spiro atoms. The predicted octanol–water partition coefficient (Wildman–Crippen LogP) is 6.32. The first-order valence-corrected chi connectivity index (χ1v) is 10.4. The summed E-state index contributed by atoms with van der Waals surface area (Å²) in [5.41, 5.74) is 0. The van der Waals surface area contributed by atoms with Crippen LogP contribution in [-0.4, -0.2) is 33.2 Å². The number of hydrogen-bond acceptors (Lipinski definition) is 3. The summed E-state index contributed by atoms with van der Waals surface area (Å²) in [4.78, 5) is 28.8. The van der Waals surface area contributed by atoms with Crippen molar-refractivity contribution < 1.29 is 51.4 Å². The van der Waals surface area contributed by atoms with E-state index in [-0.39, 0.29) is 21.7 Å². The van der Waals surface area contributed by atoms with Gasteiger partial charge in [-0.2, -0.15) is 0 Å². The van der Waals surface area contributed by atoms with Crippen LogP contribution in [0, 0.1) is 0 Å². The molecule has 0 heterocycles. The van der Waals surface area contributed by atoms with Crippen LogP contribution in [0.2, 0.25) is 0 Å². The quantitative estimate of drug-likeness (QED) is 0.283. The van der Waals surface area contributed by atoms with E-state index in [9.17, 15) is 14.4 Å². The molecular formula is C25H33O6Ti-. The summed E-state index contributed by atoms with van der Waals surface area (Å²) >= 11 is 0. The maximum Gasteiger partial charge on any atom is 0.303 e.